The van der Waals surface area contributed by atoms with Crippen LogP contribution in [0.4, 0.5) is 0 Å². The first-order valence-corrected chi connectivity index (χ1v) is 3.81. The maximum atomic E-state index is 9.25. The van der Waals surface area contributed by atoms with E-state index in [2.05, 4.69) is 0 Å². The lowest BCUT2D eigenvalue weighted by molar-refractivity contribution is 0.376. The number of phenolic OH excluding ortho intramolecular Hbond substituents is 1. The minimum atomic E-state index is 0.0621. The predicted octanol–water partition coefficient (Wildman–Crippen LogP) is 1.19. The highest BCUT2D eigenvalue weighted by Gasteiger charge is 2.10. The Morgan fingerprint density at radius 3 is 2.00 bits per heavy atom. The maximum absolute atomic E-state index is 9.25. The molecule has 0 aliphatic rings. The van der Waals surface area contributed by atoms with Crippen molar-refractivity contribution in [2.45, 2.75) is 6.54 Å². The van der Waals surface area contributed by atoms with E-state index in [1.165, 1.54) is 26.4 Å². The third kappa shape index (κ3) is 1.84. The largest absolute Gasteiger partial charge is 0.508 e. The summed E-state index contributed by atoms with van der Waals surface area (Å²) < 4.78 is 10.00. The van der Waals surface area contributed by atoms with Gasteiger partial charge in [-0.25, -0.2) is 0 Å². The van der Waals surface area contributed by atoms with E-state index in [0.29, 0.717) is 17.1 Å². The first-order chi connectivity index (χ1) is 6.22. The standard InChI is InChI=1S/C9H12NO3/c1-12-8-3-6(11)4-9(13-2)7(8)5-10/h3-4,10-11H,5H2,1-2H3. The zero-order valence-electron chi connectivity index (χ0n) is 7.63. The van der Waals surface area contributed by atoms with Crippen LogP contribution in [0.1, 0.15) is 5.56 Å². The first-order valence-electron chi connectivity index (χ1n) is 3.81. The molecule has 0 bridgehead atoms. The van der Waals surface area contributed by atoms with Gasteiger partial charge in [0.25, 0.3) is 0 Å². The van der Waals surface area contributed by atoms with Gasteiger partial charge >= 0.3 is 0 Å². The summed E-state index contributed by atoms with van der Waals surface area (Å²) in [5.41, 5.74) is 7.90. The van der Waals surface area contributed by atoms with E-state index >= 15 is 0 Å². The van der Waals surface area contributed by atoms with Gasteiger partial charge in [-0.05, 0) is 0 Å². The van der Waals surface area contributed by atoms with Gasteiger partial charge in [0.1, 0.15) is 17.2 Å². The van der Waals surface area contributed by atoms with Gasteiger partial charge in [0.05, 0.1) is 19.8 Å². The second-order valence-corrected chi connectivity index (χ2v) is 2.51. The molecule has 2 N–H and O–H groups in total. The average Bonchev–Trinajstić information content (AvgIpc) is 2.16. The molecule has 4 nitrogen and oxygen atoms in total. The fraction of sp³-hybridized carbons (Fsp3) is 0.333. The van der Waals surface area contributed by atoms with Crippen LogP contribution in [0.25, 0.3) is 0 Å². The Morgan fingerprint density at radius 1 is 1.23 bits per heavy atom. The summed E-state index contributed by atoms with van der Waals surface area (Å²) in [5.74, 6) is 1.03. The second-order valence-electron chi connectivity index (χ2n) is 2.51. The molecule has 0 fully saturated rings. The summed E-state index contributed by atoms with van der Waals surface area (Å²) >= 11 is 0. The lowest BCUT2D eigenvalue weighted by Gasteiger charge is -2.11. The molecule has 0 saturated carbocycles. The Bertz CT molecular complexity index is 274. The molecule has 1 rings (SSSR count). The van der Waals surface area contributed by atoms with Crippen molar-refractivity contribution in [2.24, 2.45) is 0 Å². The zero-order valence-corrected chi connectivity index (χ0v) is 7.63. The van der Waals surface area contributed by atoms with Crippen molar-refractivity contribution >= 4 is 0 Å². The van der Waals surface area contributed by atoms with Crippen LogP contribution in [0.2, 0.25) is 0 Å². The van der Waals surface area contributed by atoms with Crippen molar-refractivity contribution in [1.82, 2.24) is 5.73 Å². The molecule has 1 aromatic rings. The number of nitrogens with one attached hydrogen (secondary N) is 1. The van der Waals surface area contributed by atoms with Crippen LogP contribution in [-0.4, -0.2) is 19.3 Å². The molecular weight excluding hydrogens is 170 g/mol. The number of phenols is 1. The molecular formula is C9H12NO3. The smallest absolute Gasteiger partial charge is 0.130 e. The van der Waals surface area contributed by atoms with Gasteiger partial charge in [0.15, 0.2) is 0 Å². The molecule has 4 heteroatoms. The van der Waals surface area contributed by atoms with Crippen LogP contribution in [0, 0.1) is 0 Å². The van der Waals surface area contributed by atoms with Gasteiger partial charge in [-0.1, -0.05) is 0 Å². The molecule has 0 unspecified atom stereocenters. The number of aromatic hydroxyl groups is 1. The molecule has 71 valence electrons. The normalized spacial score (nSPS) is 9.77. The Balaban J connectivity index is 3.25. The zero-order chi connectivity index (χ0) is 9.84. The van der Waals surface area contributed by atoms with E-state index in [9.17, 15) is 5.11 Å². The molecule has 1 aromatic carbocycles. The van der Waals surface area contributed by atoms with Crippen molar-refractivity contribution in [2.75, 3.05) is 14.2 Å². The van der Waals surface area contributed by atoms with Crippen LogP contribution >= 0.6 is 0 Å². The van der Waals surface area contributed by atoms with E-state index in [4.69, 9.17) is 15.2 Å². The highest BCUT2D eigenvalue weighted by molar-refractivity contribution is 5.49. The fourth-order valence-electron chi connectivity index (χ4n) is 1.14. The van der Waals surface area contributed by atoms with Gasteiger partial charge in [0, 0.05) is 18.7 Å². The molecule has 0 saturated heterocycles. The van der Waals surface area contributed by atoms with Gasteiger partial charge in [0.2, 0.25) is 0 Å². The van der Waals surface area contributed by atoms with Gasteiger partial charge in [-0.2, -0.15) is 0 Å². The van der Waals surface area contributed by atoms with Crippen LogP contribution in [0.5, 0.6) is 17.2 Å². The van der Waals surface area contributed by atoms with Gasteiger partial charge < -0.3 is 14.6 Å². The van der Waals surface area contributed by atoms with Crippen molar-refractivity contribution in [3.8, 4) is 17.2 Å². The lowest BCUT2D eigenvalue weighted by atomic mass is 10.1. The predicted molar refractivity (Wildman–Crippen MR) is 48.0 cm³/mol. The van der Waals surface area contributed by atoms with E-state index in [1.807, 2.05) is 0 Å². The summed E-state index contributed by atoms with van der Waals surface area (Å²) in [4.78, 5) is 0. The summed E-state index contributed by atoms with van der Waals surface area (Å²) in [6.07, 6.45) is 0. The number of ether oxygens (including phenoxy) is 2. The van der Waals surface area contributed by atoms with Gasteiger partial charge in [-0.15, -0.1) is 0 Å². The summed E-state index contributed by atoms with van der Waals surface area (Å²) in [6.45, 7) is 0.0621. The summed E-state index contributed by atoms with van der Waals surface area (Å²) in [7, 11) is 2.99. The lowest BCUT2D eigenvalue weighted by Crippen LogP contribution is -1.97. The highest BCUT2D eigenvalue weighted by atomic mass is 16.5. The Kier molecular flexibility index (Phi) is 2.97. The quantitative estimate of drug-likeness (QED) is 0.763. The highest BCUT2D eigenvalue weighted by Crippen LogP contribution is 2.32. The number of hydrogen-bond donors (Lipinski definition) is 1. The van der Waals surface area contributed by atoms with Crippen molar-refractivity contribution < 1.29 is 14.6 Å². The van der Waals surface area contributed by atoms with Gasteiger partial charge in [-0.3, -0.25) is 5.73 Å². The van der Waals surface area contributed by atoms with E-state index in [0.717, 1.165) is 0 Å². The Labute approximate surface area is 76.9 Å². The topological polar surface area (TPSA) is 62.5 Å². The van der Waals surface area contributed by atoms with Crippen molar-refractivity contribution in [3.63, 3.8) is 0 Å². The fourth-order valence-corrected chi connectivity index (χ4v) is 1.14. The molecule has 0 heterocycles. The SMILES string of the molecule is COc1cc(O)cc(OC)c1C[NH]. The average molecular weight is 182 g/mol. The molecule has 1 radical (unpaired) electrons. The van der Waals surface area contributed by atoms with Crippen LogP contribution < -0.4 is 15.2 Å². The van der Waals surface area contributed by atoms with Crippen LogP contribution in [-0.2, 0) is 6.54 Å². The molecule has 0 aliphatic heterocycles. The molecule has 0 atom stereocenters. The second kappa shape index (κ2) is 4.00. The van der Waals surface area contributed by atoms with Crippen LogP contribution in [0.3, 0.4) is 0 Å². The molecule has 0 amide bonds. The summed E-state index contributed by atoms with van der Waals surface area (Å²) in [5, 5.41) is 9.25. The number of methoxy groups -OCH3 is 2. The maximum Gasteiger partial charge on any atom is 0.130 e. The number of rotatable bonds is 3. The Morgan fingerprint density at radius 2 is 1.69 bits per heavy atom. The van der Waals surface area contributed by atoms with E-state index < -0.39 is 0 Å². The number of benzene rings is 1. The third-order valence-electron chi connectivity index (χ3n) is 1.77. The molecule has 0 aromatic heterocycles. The van der Waals surface area contributed by atoms with E-state index in [1.54, 1.807) is 0 Å². The van der Waals surface area contributed by atoms with E-state index in [-0.39, 0.29) is 12.3 Å². The van der Waals surface area contributed by atoms with Crippen molar-refractivity contribution in [3.05, 3.63) is 17.7 Å². The monoisotopic (exact) mass is 182 g/mol. The molecule has 13 heavy (non-hydrogen) atoms. The summed E-state index contributed by atoms with van der Waals surface area (Å²) in [6, 6.07) is 2.93. The molecule has 0 spiro atoms. The number of hydrogen-bond acceptors (Lipinski definition) is 3. The Hall–Kier alpha value is -1.42. The van der Waals surface area contributed by atoms with Crippen LogP contribution in [0.15, 0.2) is 12.1 Å². The third-order valence-corrected chi connectivity index (χ3v) is 1.77. The molecule has 0 aliphatic carbocycles. The van der Waals surface area contributed by atoms with Crippen molar-refractivity contribution in [1.29, 1.82) is 0 Å². The first kappa shape index (κ1) is 9.67. The minimum Gasteiger partial charge on any atom is -0.508 e. The minimum absolute atomic E-state index is 0.0621.